The van der Waals surface area contributed by atoms with E-state index in [0.29, 0.717) is 0 Å². The van der Waals surface area contributed by atoms with Crippen molar-refractivity contribution in [2.45, 2.75) is 12.3 Å². The Hall–Kier alpha value is -4.10. The van der Waals surface area contributed by atoms with Gasteiger partial charge in [-0.25, -0.2) is 9.50 Å². The average molecular weight is 474 g/mol. The van der Waals surface area contributed by atoms with Gasteiger partial charge in [0.05, 0.1) is 36.5 Å². The fraction of sp³-hybridized carbons (Fsp3) is 0.190. The van der Waals surface area contributed by atoms with Gasteiger partial charge in [-0.05, 0) is 18.2 Å². The molecule has 0 aliphatic heterocycles. The molecule has 1 amide bonds. The minimum absolute atomic E-state index is 0.00473. The number of aromatic nitrogens is 5. The van der Waals surface area contributed by atoms with E-state index in [1.54, 1.807) is 0 Å². The number of halogens is 3. The number of aliphatic hydroxyl groups excluding tert-OH is 2. The molecule has 4 aromatic rings. The van der Waals surface area contributed by atoms with Crippen molar-refractivity contribution in [3.8, 4) is 17.1 Å². The molecule has 3 N–H and O–H groups in total. The quantitative estimate of drug-likeness (QED) is 0.371. The van der Waals surface area contributed by atoms with E-state index in [4.69, 9.17) is 9.84 Å². The third-order valence-corrected chi connectivity index (χ3v) is 4.59. The second-order valence-corrected chi connectivity index (χ2v) is 7.02. The number of ether oxygens (including phenoxy) is 1. The summed E-state index contributed by atoms with van der Waals surface area (Å²) in [7, 11) is 0. The number of imidazole rings is 1. The lowest BCUT2D eigenvalue weighted by Gasteiger charge is -2.12. The van der Waals surface area contributed by atoms with Gasteiger partial charge in [0, 0.05) is 5.56 Å². The number of hydrogen-bond acceptors (Lipinski definition) is 8. The number of fused-ring (bicyclic) bond motifs is 1. The minimum atomic E-state index is -4.58. The first kappa shape index (κ1) is 23.1. The zero-order valence-electron chi connectivity index (χ0n) is 17.3. The monoisotopic (exact) mass is 474 g/mol. The topological polar surface area (TPSA) is 135 Å². The van der Waals surface area contributed by atoms with E-state index in [0.717, 1.165) is 10.6 Å². The third kappa shape index (κ3) is 4.94. The van der Waals surface area contributed by atoms with Crippen LogP contribution in [-0.2, 0) is 6.18 Å². The predicted molar refractivity (Wildman–Crippen MR) is 112 cm³/mol. The number of nitrogens with one attached hydrogen (secondary N) is 1. The normalized spacial score (nSPS) is 12.5. The van der Waals surface area contributed by atoms with E-state index < -0.39 is 30.4 Å². The van der Waals surface area contributed by atoms with Gasteiger partial charge in [0.15, 0.2) is 17.2 Å². The predicted octanol–water partition coefficient (Wildman–Crippen LogP) is 2.19. The van der Waals surface area contributed by atoms with Crippen LogP contribution in [-0.4, -0.2) is 60.0 Å². The number of aliphatic hydroxyl groups is 2. The second kappa shape index (κ2) is 9.41. The molecular weight excluding hydrogens is 457 g/mol. The first-order valence-corrected chi connectivity index (χ1v) is 9.83. The number of amides is 1. The summed E-state index contributed by atoms with van der Waals surface area (Å²) in [6, 6.07) is 7.84. The number of anilines is 1. The van der Waals surface area contributed by atoms with E-state index >= 15 is 0 Å². The van der Waals surface area contributed by atoms with Crippen LogP contribution in [0.5, 0.6) is 5.88 Å². The number of nitrogens with zero attached hydrogens (tertiary/aromatic N) is 5. The SMILES string of the molecule is O=C(Nc1cncc(OC[C@@H](O)CO)n1)c1cnc2ccc(-c3ccccc3C(F)(F)F)nn12. The van der Waals surface area contributed by atoms with E-state index in [1.807, 2.05) is 0 Å². The molecule has 0 spiro atoms. The molecule has 3 aromatic heterocycles. The number of hydrogen-bond donors (Lipinski definition) is 3. The molecule has 13 heteroatoms. The smallest absolute Gasteiger partial charge is 0.417 e. The Labute approximate surface area is 189 Å². The van der Waals surface area contributed by atoms with Crippen molar-refractivity contribution >= 4 is 17.4 Å². The van der Waals surface area contributed by atoms with Crippen LogP contribution in [0.4, 0.5) is 19.0 Å². The van der Waals surface area contributed by atoms with Gasteiger partial charge in [-0.2, -0.15) is 23.3 Å². The van der Waals surface area contributed by atoms with Crippen LogP contribution in [0.15, 0.2) is 55.0 Å². The van der Waals surface area contributed by atoms with Crippen LogP contribution in [0.3, 0.4) is 0 Å². The Balaban J connectivity index is 1.61. The van der Waals surface area contributed by atoms with Gasteiger partial charge in [-0.3, -0.25) is 9.78 Å². The van der Waals surface area contributed by atoms with Crippen molar-refractivity contribution in [2.75, 3.05) is 18.5 Å². The standard InChI is InChI=1S/C21H17F3N6O4/c22-21(23,24)14-4-2-1-3-13(14)15-5-6-18-26-7-16(30(18)29-15)20(33)28-17-8-25-9-19(27-17)34-11-12(32)10-31/h1-9,12,31-32H,10-11H2,(H,27,28,33)/t12-/m0/s1. The van der Waals surface area contributed by atoms with Crippen molar-refractivity contribution in [1.82, 2.24) is 24.6 Å². The molecule has 0 aliphatic carbocycles. The summed E-state index contributed by atoms with van der Waals surface area (Å²) < 4.78 is 46.6. The molecule has 0 saturated heterocycles. The van der Waals surface area contributed by atoms with Crippen LogP contribution in [0.1, 0.15) is 16.1 Å². The first-order chi connectivity index (χ1) is 16.3. The molecule has 176 valence electrons. The molecule has 0 bridgehead atoms. The van der Waals surface area contributed by atoms with E-state index in [9.17, 15) is 23.1 Å². The average Bonchev–Trinajstić information content (AvgIpc) is 3.25. The number of alkyl halides is 3. The molecule has 0 aliphatic rings. The summed E-state index contributed by atoms with van der Waals surface area (Å²) in [6.45, 7) is -0.734. The number of carbonyl (C=O) groups excluding carboxylic acids is 1. The Morgan fingerprint density at radius 2 is 1.94 bits per heavy atom. The van der Waals surface area contributed by atoms with Crippen LogP contribution >= 0.6 is 0 Å². The Bertz CT molecular complexity index is 1330. The molecule has 0 fully saturated rings. The van der Waals surface area contributed by atoms with Gasteiger partial charge in [-0.1, -0.05) is 18.2 Å². The van der Waals surface area contributed by atoms with Gasteiger partial charge < -0.3 is 20.3 Å². The zero-order chi connectivity index (χ0) is 24.3. The lowest BCUT2D eigenvalue weighted by atomic mass is 10.0. The first-order valence-electron chi connectivity index (χ1n) is 9.83. The summed E-state index contributed by atoms with van der Waals surface area (Å²) in [5, 5.41) is 24.9. The van der Waals surface area contributed by atoms with Crippen molar-refractivity contribution < 1.29 is 32.9 Å². The minimum Gasteiger partial charge on any atom is -0.474 e. The van der Waals surface area contributed by atoms with Gasteiger partial charge in [-0.15, -0.1) is 0 Å². The Kier molecular flexibility index (Phi) is 6.38. The third-order valence-electron chi connectivity index (χ3n) is 4.59. The molecule has 3 heterocycles. The van der Waals surface area contributed by atoms with E-state index in [-0.39, 0.29) is 40.9 Å². The Morgan fingerprint density at radius 3 is 2.71 bits per heavy atom. The number of carbonyl (C=O) groups is 1. The lowest BCUT2D eigenvalue weighted by molar-refractivity contribution is -0.137. The maximum absolute atomic E-state index is 13.4. The molecule has 1 aromatic carbocycles. The summed E-state index contributed by atoms with van der Waals surface area (Å²) in [6.07, 6.45) is -1.97. The van der Waals surface area contributed by atoms with Crippen molar-refractivity contribution in [3.63, 3.8) is 0 Å². The highest BCUT2D eigenvalue weighted by Crippen LogP contribution is 2.36. The highest BCUT2D eigenvalue weighted by molar-refractivity contribution is 6.02. The van der Waals surface area contributed by atoms with Gasteiger partial charge in [0.1, 0.15) is 12.7 Å². The van der Waals surface area contributed by atoms with E-state index in [2.05, 4.69) is 25.4 Å². The van der Waals surface area contributed by atoms with Crippen LogP contribution < -0.4 is 10.1 Å². The molecular formula is C21H17F3N6O4. The molecule has 0 radical (unpaired) electrons. The highest BCUT2D eigenvalue weighted by Gasteiger charge is 2.33. The second-order valence-electron chi connectivity index (χ2n) is 7.02. The molecule has 34 heavy (non-hydrogen) atoms. The lowest BCUT2D eigenvalue weighted by Crippen LogP contribution is -2.22. The maximum atomic E-state index is 13.4. The van der Waals surface area contributed by atoms with Crippen LogP contribution in [0.25, 0.3) is 16.9 Å². The molecule has 10 nitrogen and oxygen atoms in total. The van der Waals surface area contributed by atoms with Crippen molar-refractivity contribution in [2.24, 2.45) is 0 Å². The number of rotatable bonds is 7. The van der Waals surface area contributed by atoms with Crippen molar-refractivity contribution in [1.29, 1.82) is 0 Å². The van der Waals surface area contributed by atoms with Crippen LogP contribution in [0.2, 0.25) is 0 Å². The van der Waals surface area contributed by atoms with Gasteiger partial charge in [0.25, 0.3) is 5.91 Å². The molecule has 0 saturated carbocycles. The molecule has 4 rings (SSSR count). The summed E-state index contributed by atoms with van der Waals surface area (Å²) in [4.78, 5) is 24.8. The van der Waals surface area contributed by atoms with Crippen molar-refractivity contribution in [3.05, 3.63) is 66.2 Å². The van der Waals surface area contributed by atoms with E-state index in [1.165, 1.54) is 48.9 Å². The fourth-order valence-electron chi connectivity index (χ4n) is 3.02. The molecule has 1 atom stereocenters. The van der Waals surface area contributed by atoms with Crippen LogP contribution in [0, 0.1) is 0 Å². The highest BCUT2D eigenvalue weighted by atomic mass is 19.4. The Morgan fingerprint density at radius 1 is 1.15 bits per heavy atom. The summed E-state index contributed by atoms with van der Waals surface area (Å²) in [5.41, 5.74) is -0.793. The maximum Gasteiger partial charge on any atom is 0.417 e. The van der Waals surface area contributed by atoms with Gasteiger partial charge in [0.2, 0.25) is 5.88 Å². The largest absolute Gasteiger partial charge is 0.474 e. The number of benzene rings is 1. The zero-order valence-corrected chi connectivity index (χ0v) is 17.3. The summed E-state index contributed by atoms with van der Waals surface area (Å²) in [5.74, 6) is -0.690. The molecule has 0 unspecified atom stereocenters. The fourth-order valence-corrected chi connectivity index (χ4v) is 3.02. The van der Waals surface area contributed by atoms with Gasteiger partial charge >= 0.3 is 6.18 Å². The summed E-state index contributed by atoms with van der Waals surface area (Å²) >= 11 is 0.